The van der Waals surface area contributed by atoms with Gasteiger partial charge in [-0.2, -0.15) is 0 Å². The molecule has 1 fully saturated rings. The maximum absolute atomic E-state index is 6.42. The van der Waals surface area contributed by atoms with Gasteiger partial charge in [-0.15, -0.1) is 0 Å². The van der Waals surface area contributed by atoms with Gasteiger partial charge in [0.1, 0.15) is 12.4 Å². The van der Waals surface area contributed by atoms with E-state index in [1.165, 1.54) is 11.1 Å². The third-order valence-electron chi connectivity index (χ3n) is 4.41. The molecule has 116 valence electrons. The van der Waals surface area contributed by atoms with Crippen molar-refractivity contribution in [2.24, 2.45) is 11.7 Å². The van der Waals surface area contributed by atoms with Gasteiger partial charge in [0.05, 0.1) is 0 Å². The molecule has 22 heavy (non-hydrogen) atoms. The maximum atomic E-state index is 6.42. The van der Waals surface area contributed by atoms with E-state index in [4.69, 9.17) is 10.5 Å². The molecule has 0 aromatic heterocycles. The summed E-state index contributed by atoms with van der Waals surface area (Å²) < 4.78 is 5.82. The van der Waals surface area contributed by atoms with Gasteiger partial charge < -0.3 is 15.8 Å². The van der Waals surface area contributed by atoms with Crippen molar-refractivity contribution in [3.05, 3.63) is 65.7 Å². The van der Waals surface area contributed by atoms with Gasteiger partial charge in [0, 0.05) is 6.04 Å². The average molecular weight is 296 g/mol. The van der Waals surface area contributed by atoms with E-state index < -0.39 is 0 Å². The van der Waals surface area contributed by atoms with Crippen molar-refractivity contribution in [2.75, 3.05) is 13.1 Å². The summed E-state index contributed by atoms with van der Waals surface area (Å²) in [7, 11) is 0. The average Bonchev–Trinajstić information content (AvgIpc) is 2.61. The van der Waals surface area contributed by atoms with E-state index in [1.54, 1.807) is 0 Å². The van der Waals surface area contributed by atoms with Crippen molar-refractivity contribution in [2.45, 2.75) is 25.5 Å². The zero-order valence-corrected chi connectivity index (χ0v) is 12.9. The van der Waals surface area contributed by atoms with E-state index in [0.29, 0.717) is 12.5 Å². The second-order valence-electron chi connectivity index (χ2n) is 5.96. The van der Waals surface area contributed by atoms with Gasteiger partial charge in [0.15, 0.2) is 0 Å². The van der Waals surface area contributed by atoms with Crippen LogP contribution in [-0.4, -0.2) is 13.1 Å². The highest BCUT2D eigenvalue weighted by Crippen LogP contribution is 2.28. The number of rotatable bonds is 5. The summed E-state index contributed by atoms with van der Waals surface area (Å²) in [5, 5.41) is 3.39. The predicted molar refractivity (Wildman–Crippen MR) is 89.7 cm³/mol. The molecule has 2 aromatic carbocycles. The van der Waals surface area contributed by atoms with Crippen LogP contribution in [0, 0.1) is 5.92 Å². The fraction of sp³-hybridized carbons (Fsp3) is 0.368. The fourth-order valence-electron chi connectivity index (χ4n) is 3.00. The molecule has 0 bridgehead atoms. The minimum atomic E-state index is 0.130. The molecule has 0 spiro atoms. The van der Waals surface area contributed by atoms with Crippen molar-refractivity contribution in [1.29, 1.82) is 0 Å². The molecular weight excluding hydrogens is 272 g/mol. The predicted octanol–water partition coefficient (Wildman–Crippen LogP) is 3.27. The first kappa shape index (κ1) is 15.1. The Morgan fingerprint density at radius 3 is 2.36 bits per heavy atom. The van der Waals surface area contributed by atoms with Gasteiger partial charge in [-0.25, -0.2) is 0 Å². The number of hydrogen-bond acceptors (Lipinski definition) is 3. The lowest BCUT2D eigenvalue weighted by atomic mass is 9.86. The van der Waals surface area contributed by atoms with Crippen LogP contribution in [-0.2, 0) is 6.61 Å². The maximum Gasteiger partial charge on any atom is 0.119 e. The molecule has 3 heteroatoms. The molecule has 3 N–H and O–H groups in total. The lowest BCUT2D eigenvalue weighted by Crippen LogP contribution is -2.33. The molecular formula is C19H24N2O. The van der Waals surface area contributed by atoms with Gasteiger partial charge >= 0.3 is 0 Å². The molecule has 1 heterocycles. The van der Waals surface area contributed by atoms with E-state index in [9.17, 15) is 0 Å². The molecule has 1 aliphatic heterocycles. The summed E-state index contributed by atoms with van der Waals surface area (Å²) >= 11 is 0. The number of piperidine rings is 1. The second-order valence-corrected chi connectivity index (χ2v) is 5.96. The lowest BCUT2D eigenvalue weighted by molar-refractivity contribution is 0.305. The standard InChI is InChI=1S/C19H24N2O/c20-19(17-10-12-21-13-11-17)16-6-8-18(9-7-16)22-14-15-4-2-1-3-5-15/h1-9,17,19,21H,10-14,20H2/t19-/m0/s1. The van der Waals surface area contributed by atoms with E-state index in [2.05, 4.69) is 29.6 Å². The van der Waals surface area contributed by atoms with Crippen molar-refractivity contribution >= 4 is 0 Å². The summed E-state index contributed by atoms with van der Waals surface area (Å²) in [5.74, 6) is 1.47. The smallest absolute Gasteiger partial charge is 0.119 e. The Hall–Kier alpha value is -1.84. The highest BCUT2D eigenvalue weighted by molar-refractivity contribution is 5.30. The summed E-state index contributed by atoms with van der Waals surface area (Å²) in [4.78, 5) is 0. The minimum absolute atomic E-state index is 0.130. The zero-order valence-electron chi connectivity index (χ0n) is 12.9. The quantitative estimate of drug-likeness (QED) is 0.890. The first-order valence-corrected chi connectivity index (χ1v) is 8.06. The Kier molecular flexibility index (Phi) is 5.09. The fourth-order valence-corrected chi connectivity index (χ4v) is 3.00. The molecule has 0 radical (unpaired) electrons. The summed E-state index contributed by atoms with van der Waals surface area (Å²) in [5.41, 5.74) is 8.80. The van der Waals surface area contributed by atoms with E-state index in [-0.39, 0.29) is 6.04 Å². The number of benzene rings is 2. The third kappa shape index (κ3) is 3.87. The SMILES string of the molecule is N[C@@H](c1ccc(OCc2ccccc2)cc1)C1CCNCC1. The highest BCUT2D eigenvalue weighted by atomic mass is 16.5. The molecule has 0 aliphatic carbocycles. The number of hydrogen-bond donors (Lipinski definition) is 2. The molecule has 0 amide bonds. The summed E-state index contributed by atoms with van der Waals surface area (Å²) in [6, 6.07) is 18.6. The van der Waals surface area contributed by atoms with Crippen LogP contribution in [0.2, 0.25) is 0 Å². The number of ether oxygens (including phenoxy) is 1. The monoisotopic (exact) mass is 296 g/mol. The van der Waals surface area contributed by atoms with E-state index in [0.717, 1.165) is 31.7 Å². The molecule has 3 nitrogen and oxygen atoms in total. The number of nitrogens with one attached hydrogen (secondary N) is 1. The van der Waals surface area contributed by atoms with Gasteiger partial charge in [-0.1, -0.05) is 42.5 Å². The zero-order chi connectivity index (χ0) is 15.2. The van der Waals surface area contributed by atoms with Gasteiger partial charge in [-0.05, 0) is 55.1 Å². The van der Waals surface area contributed by atoms with Crippen molar-refractivity contribution < 1.29 is 4.74 Å². The normalized spacial score (nSPS) is 17.1. The third-order valence-corrected chi connectivity index (χ3v) is 4.41. The molecule has 0 saturated carbocycles. The molecule has 1 aliphatic rings. The first-order chi connectivity index (χ1) is 10.8. The Morgan fingerprint density at radius 2 is 1.68 bits per heavy atom. The van der Waals surface area contributed by atoms with Crippen LogP contribution in [0.25, 0.3) is 0 Å². The molecule has 3 rings (SSSR count). The summed E-state index contributed by atoms with van der Waals surface area (Å²) in [6.45, 7) is 2.76. The topological polar surface area (TPSA) is 47.3 Å². The summed E-state index contributed by atoms with van der Waals surface area (Å²) in [6.07, 6.45) is 2.32. The Bertz CT molecular complexity index is 562. The van der Waals surface area contributed by atoms with Crippen LogP contribution < -0.4 is 15.8 Å². The second kappa shape index (κ2) is 7.43. The van der Waals surface area contributed by atoms with Crippen LogP contribution in [0.4, 0.5) is 0 Å². The first-order valence-electron chi connectivity index (χ1n) is 8.06. The Morgan fingerprint density at radius 1 is 1.00 bits per heavy atom. The van der Waals surface area contributed by atoms with Gasteiger partial charge in [0.2, 0.25) is 0 Å². The van der Waals surface area contributed by atoms with E-state index >= 15 is 0 Å². The minimum Gasteiger partial charge on any atom is -0.489 e. The van der Waals surface area contributed by atoms with Gasteiger partial charge in [-0.3, -0.25) is 0 Å². The highest BCUT2D eigenvalue weighted by Gasteiger charge is 2.21. The van der Waals surface area contributed by atoms with Crippen molar-refractivity contribution in [3.8, 4) is 5.75 Å². The van der Waals surface area contributed by atoms with Gasteiger partial charge in [0.25, 0.3) is 0 Å². The van der Waals surface area contributed by atoms with Crippen LogP contribution in [0.15, 0.2) is 54.6 Å². The van der Waals surface area contributed by atoms with Crippen LogP contribution in [0.3, 0.4) is 0 Å². The lowest BCUT2D eigenvalue weighted by Gasteiger charge is -2.28. The Balaban J connectivity index is 1.57. The van der Waals surface area contributed by atoms with Crippen LogP contribution in [0.5, 0.6) is 5.75 Å². The van der Waals surface area contributed by atoms with Crippen molar-refractivity contribution in [3.63, 3.8) is 0 Å². The molecule has 1 saturated heterocycles. The van der Waals surface area contributed by atoms with Crippen LogP contribution in [0.1, 0.15) is 30.0 Å². The van der Waals surface area contributed by atoms with Crippen molar-refractivity contribution in [1.82, 2.24) is 5.32 Å². The number of nitrogens with two attached hydrogens (primary N) is 1. The van der Waals surface area contributed by atoms with E-state index in [1.807, 2.05) is 30.3 Å². The molecule has 1 atom stereocenters. The Labute approximate surface area is 132 Å². The molecule has 0 unspecified atom stereocenters. The largest absolute Gasteiger partial charge is 0.489 e. The molecule has 2 aromatic rings. The van der Waals surface area contributed by atoms with Crippen LogP contribution >= 0.6 is 0 Å².